The molecule has 0 spiro atoms. The van der Waals surface area contributed by atoms with Crippen molar-refractivity contribution in [1.82, 2.24) is 9.88 Å². The summed E-state index contributed by atoms with van der Waals surface area (Å²) in [7, 11) is 0. The van der Waals surface area contributed by atoms with E-state index < -0.39 is 6.09 Å². The third-order valence-corrected chi connectivity index (χ3v) is 3.59. The van der Waals surface area contributed by atoms with Crippen molar-refractivity contribution in [3.05, 3.63) is 18.3 Å². The van der Waals surface area contributed by atoms with E-state index >= 15 is 0 Å². The molecule has 1 aromatic rings. The predicted molar refractivity (Wildman–Crippen MR) is 78.7 cm³/mol. The first-order valence-corrected chi connectivity index (χ1v) is 6.78. The van der Waals surface area contributed by atoms with Crippen LogP contribution in [0.1, 0.15) is 33.6 Å². The quantitative estimate of drug-likeness (QED) is 0.789. The first-order chi connectivity index (χ1) is 9.29. The summed E-state index contributed by atoms with van der Waals surface area (Å²) >= 11 is 0. The second-order valence-corrected chi connectivity index (χ2v) is 6.23. The van der Waals surface area contributed by atoms with Gasteiger partial charge in [0.15, 0.2) is 0 Å². The molecular formula is C14H22N4O2. The van der Waals surface area contributed by atoms with Gasteiger partial charge in [-0.2, -0.15) is 0 Å². The van der Waals surface area contributed by atoms with E-state index in [-0.39, 0.29) is 17.6 Å². The molecule has 0 saturated heterocycles. The van der Waals surface area contributed by atoms with Gasteiger partial charge < -0.3 is 21.1 Å². The molecule has 0 aromatic carbocycles. The minimum Gasteiger partial charge on any atom is -0.465 e. The molecule has 1 fully saturated rings. The lowest BCUT2D eigenvalue weighted by Crippen LogP contribution is -2.58. The van der Waals surface area contributed by atoms with Crippen molar-refractivity contribution < 1.29 is 9.90 Å². The minimum atomic E-state index is -0.863. The van der Waals surface area contributed by atoms with Crippen LogP contribution in [0.3, 0.4) is 0 Å². The lowest BCUT2D eigenvalue weighted by Gasteiger charge is -2.47. The fourth-order valence-corrected chi connectivity index (χ4v) is 2.64. The van der Waals surface area contributed by atoms with Gasteiger partial charge in [-0.3, -0.25) is 0 Å². The lowest BCUT2D eigenvalue weighted by molar-refractivity contribution is 0.0379. The van der Waals surface area contributed by atoms with Gasteiger partial charge in [0.2, 0.25) is 0 Å². The summed E-state index contributed by atoms with van der Waals surface area (Å²) in [6.45, 7) is 5.75. The standard InChI is InChI=1S/C14H22N4O2/c1-14(2,3)18(13(19)20)10-7-9(8-10)17-12-11(15)5-4-6-16-12/h4-6,9-10H,7-8,15H2,1-3H3,(H,16,17)(H,19,20). The van der Waals surface area contributed by atoms with Crippen molar-refractivity contribution >= 4 is 17.6 Å². The third kappa shape index (κ3) is 2.95. The van der Waals surface area contributed by atoms with Crippen molar-refractivity contribution in [2.24, 2.45) is 0 Å². The van der Waals surface area contributed by atoms with Gasteiger partial charge in [0.1, 0.15) is 5.82 Å². The van der Waals surface area contributed by atoms with E-state index in [9.17, 15) is 9.90 Å². The number of nitrogen functional groups attached to an aromatic ring is 1. The Morgan fingerprint density at radius 2 is 2.15 bits per heavy atom. The largest absolute Gasteiger partial charge is 0.465 e. The third-order valence-electron chi connectivity index (χ3n) is 3.59. The Balaban J connectivity index is 1.94. The highest BCUT2D eigenvalue weighted by molar-refractivity contribution is 5.67. The second kappa shape index (κ2) is 5.19. The van der Waals surface area contributed by atoms with Crippen LogP contribution in [0.4, 0.5) is 16.3 Å². The van der Waals surface area contributed by atoms with Crippen LogP contribution in [0.2, 0.25) is 0 Å². The van der Waals surface area contributed by atoms with E-state index in [1.54, 1.807) is 18.3 Å². The fraction of sp³-hybridized carbons (Fsp3) is 0.571. The maximum absolute atomic E-state index is 11.4. The first-order valence-electron chi connectivity index (χ1n) is 6.78. The molecule has 1 saturated carbocycles. The zero-order valence-electron chi connectivity index (χ0n) is 12.1. The number of nitrogens with zero attached hydrogens (tertiary/aromatic N) is 2. The van der Waals surface area contributed by atoms with Crippen LogP contribution in [0.15, 0.2) is 18.3 Å². The second-order valence-electron chi connectivity index (χ2n) is 6.23. The Bertz CT molecular complexity index is 492. The van der Waals surface area contributed by atoms with Crippen LogP contribution >= 0.6 is 0 Å². The summed E-state index contributed by atoms with van der Waals surface area (Å²) in [5, 5.41) is 12.6. The molecule has 6 nitrogen and oxygen atoms in total. The van der Waals surface area contributed by atoms with Crippen LogP contribution in [-0.4, -0.2) is 38.7 Å². The average Bonchev–Trinajstić information content (AvgIpc) is 2.26. The van der Waals surface area contributed by atoms with Crippen LogP contribution in [0, 0.1) is 0 Å². The van der Waals surface area contributed by atoms with Gasteiger partial charge in [0, 0.05) is 23.8 Å². The molecule has 0 atom stereocenters. The molecule has 0 unspecified atom stereocenters. The number of amides is 1. The van der Waals surface area contributed by atoms with Crippen molar-refractivity contribution in [2.45, 2.75) is 51.2 Å². The molecule has 0 radical (unpaired) electrons. The summed E-state index contributed by atoms with van der Waals surface area (Å²) in [5.41, 5.74) is 6.06. The number of carbonyl (C=O) groups is 1. The molecule has 2 rings (SSSR count). The fourth-order valence-electron chi connectivity index (χ4n) is 2.64. The van der Waals surface area contributed by atoms with Crippen molar-refractivity contribution in [1.29, 1.82) is 0 Å². The summed E-state index contributed by atoms with van der Waals surface area (Å²) in [5.74, 6) is 0.675. The average molecular weight is 278 g/mol. The molecule has 0 bridgehead atoms. The van der Waals surface area contributed by atoms with Gasteiger partial charge in [-0.15, -0.1) is 0 Å². The van der Waals surface area contributed by atoms with Gasteiger partial charge >= 0.3 is 6.09 Å². The van der Waals surface area contributed by atoms with E-state index in [2.05, 4.69) is 10.3 Å². The SMILES string of the molecule is CC(C)(C)N(C(=O)O)C1CC(Nc2ncccc2N)C1. The number of anilines is 2. The highest BCUT2D eigenvalue weighted by Crippen LogP contribution is 2.33. The minimum absolute atomic E-state index is 0.0509. The van der Waals surface area contributed by atoms with Gasteiger partial charge in [0.05, 0.1) is 5.69 Å². The summed E-state index contributed by atoms with van der Waals surface area (Å²) < 4.78 is 0. The smallest absolute Gasteiger partial charge is 0.407 e. The molecular weight excluding hydrogens is 256 g/mol. The highest BCUT2D eigenvalue weighted by atomic mass is 16.4. The Labute approximate surface area is 119 Å². The zero-order chi connectivity index (χ0) is 14.9. The number of nitrogens with two attached hydrogens (primary N) is 1. The number of nitrogens with one attached hydrogen (secondary N) is 1. The monoisotopic (exact) mass is 278 g/mol. The molecule has 1 heterocycles. The maximum Gasteiger partial charge on any atom is 0.407 e. The molecule has 1 amide bonds. The van der Waals surface area contributed by atoms with Crippen LogP contribution in [0.5, 0.6) is 0 Å². The van der Waals surface area contributed by atoms with Gasteiger partial charge in [-0.25, -0.2) is 9.78 Å². The number of carboxylic acid groups (broad SMARTS) is 1. The Kier molecular flexibility index (Phi) is 3.74. The Hall–Kier alpha value is -1.98. The van der Waals surface area contributed by atoms with Gasteiger partial charge in [0.25, 0.3) is 0 Å². The molecule has 20 heavy (non-hydrogen) atoms. The van der Waals surface area contributed by atoms with E-state index in [0.717, 1.165) is 12.8 Å². The number of rotatable bonds is 3. The summed E-state index contributed by atoms with van der Waals surface area (Å²) in [6, 6.07) is 3.86. The maximum atomic E-state index is 11.4. The van der Waals surface area contributed by atoms with Crippen molar-refractivity contribution in [2.75, 3.05) is 11.1 Å². The Morgan fingerprint density at radius 3 is 2.65 bits per heavy atom. The predicted octanol–water partition coefficient (Wildman–Crippen LogP) is 2.39. The van der Waals surface area contributed by atoms with E-state index in [4.69, 9.17) is 5.73 Å². The molecule has 4 N–H and O–H groups in total. The van der Waals surface area contributed by atoms with Crippen molar-refractivity contribution in [3.8, 4) is 0 Å². The van der Waals surface area contributed by atoms with Crippen LogP contribution < -0.4 is 11.1 Å². The molecule has 1 aliphatic rings. The molecule has 1 aromatic heterocycles. The lowest BCUT2D eigenvalue weighted by atomic mass is 9.83. The first kappa shape index (κ1) is 14.4. The zero-order valence-corrected chi connectivity index (χ0v) is 12.1. The molecule has 0 aliphatic heterocycles. The van der Waals surface area contributed by atoms with E-state index in [1.807, 2.05) is 20.8 Å². The van der Waals surface area contributed by atoms with Gasteiger partial charge in [-0.05, 0) is 45.7 Å². The van der Waals surface area contributed by atoms with Crippen molar-refractivity contribution in [3.63, 3.8) is 0 Å². The molecule has 110 valence electrons. The summed E-state index contributed by atoms with van der Waals surface area (Å²) in [4.78, 5) is 17.1. The van der Waals surface area contributed by atoms with Crippen LogP contribution in [0.25, 0.3) is 0 Å². The number of hydrogen-bond donors (Lipinski definition) is 3. The number of pyridine rings is 1. The van der Waals surface area contributed by atoms with Gasteiger partial charge in [-0.1, -0.05) is 0 Å². The highest BCUT2D eigenvalue weighted by Gasteiger charge is 2.41. The normalized spacial score (nSPS) is 21.9. The molecule has 6 heteroatoms. The van der Waals surface area contributed by atoms with E-state index in [1.165, 1.54) is 4.90 Å². The van der Waals surface area contributed by atoms with Crippen LogP contribution in [-0.2, 0) is 0 Å². The van der Waals surface area contributed by atoms with E-state index in [0.29, 0.717) is 11.5 Å². The Morgan fingerprint density at radius 1 is 1.50 bits per heavy atom. The summed E-state index contributed by atoms with van der Waals surface area (Å²) in [6.07, 6.45) is 2.38. The number of aromatic nitrogens is 1. The number of hydrogen-bond acceptors (Lipinski definition) is 4. The topological polar surface area (TPSA) is 91.5 Å². The molecule has 1 aliphatic carbocycles.